The van der Waals surface area contributed by atoms with Crippen LogP contribution in [0.5, 0.6) is 5.75 Å². The smallest absolute Gasteiger partial charge is 0.228 e. The molecule has 0 bridgehead atoms. The second kappa shape index (κ2) is 8.40. The molecule has 31 heavy (non-hydrogen) atoms. The van der Waals surface area contributed by atoms with Crippen LogP contribution in [-0.2, 0) is 17.6 Å². The number of benzene rings is 2. The number of hydrogen-bond acceptors (Lipinski definition) is 3. The fourth-order valence-electron chi connectivity index (χ4n) is 4.45. The predicted molar refractivity (Wildman–Crippen MR) is 126 cm³/mol. The Hall–Kier alpha value is -2.76. The van der Waals surface area contributed by atoms with Crippen molar-refractivity contribution < 1.29 is 9.53 Å². The van der Waals surface area contributed by atoms with E-state index in [9.17, 15) is 4.79 Å². The highest BCUT2D eigenvalue weighted by Gasteiger charge is 2.34. The number of rotatable bonds is 5. The summed E-state index contributed by atoms with van der Waals surface area (Å²) < 4.78 is 5.62. The molecule has 0 aliphatic carbocycles. The van der Waals surface area contributed by atoms with Gasteiger partial charge in [-0.15, -0.1) is 11.3 Å². The lowest BCUT2D eigenvalue weighted by molar-refractivity contribution is -0.132. The fraction of sp³-hybridized carbons (Fsp3) is 0.240. The Kier molecular flexibility index (Phi) is 5.47. The maximum Gasteiger partial charge on any atom is 0.228 e. The summed E-state index contributed by atoms with van der Waals surface area (Å²) in [4.78, 5) is 20.1. The van der Waals surface area contributed by atoms with E-state index in [0.717, 1.165) is 44.2 Å². The van der Waals surface area contributed by atoms with Crippen molar-refractivity contribution in [3.63, 3.8) is 0 Å². The van der Waals surface area contributed by atoms with Crippen molar-refractivity contribution in [3.8, 4) is 5.75 Å². The van der Waals surface area contributed by atoms with Crippen LogP contribution in [0.2, 0.25) is 5.02 Å². The Labute approximate surface area is 190 Å². The van der Waals surface area contributed by atoms with Gasteiger partial charge in [0.25, 0.3) is 0 Å². The van der Waals surface area contributed by atoms with Crippen molar-refractivity contribution in [2.24, 2.45) is 0 Å². The molecule has 2 aromatic carbocycles. The van der Waals surface area contributed by atoms with Gasteiger partial charge in [-0.2, -0.15) is 0 Å². The first-order valence-corrected chi connectivity index (χ1v) is 11.7. The standard InChI is InChI=1S/C25H23ClN2O2S/c1-2-30-18-8-5-16(6-9-18)25-24-20(21-14-17(26)7-10-22(21)27-24)11-12-28(25)23(29)15-19-4-3-13-31-19/h3-10,13-14,25,27H,2,11-12,15H2,1H3. The summed E-state index contributed by atoms with van der Waals surface area (Å²) >= 11 is 7.91. The number of hydrogen-bond donors (Lipinski definition) is 1. The maximum atomic E-state index is 13.4. The van der Waals surface area contributed by atoms with Crippen LogP contribution in [-0.4, -0.2) is 28.9 Å². The Bertz CT molecular complexity index is 1210. The minimum Gasteiger partial charge on any atom is -0.494 e. The zero-order valence-corrected chi connectivity index (χ0v) is 18.8. The molecule has 2 aromatic heterocycles. The minimum atomic E-state index is -0.168. The second-order valence-corrected chi connectivity index (χ2v) is 9.17. The maximum absolute atomic E-state index is 13.4. The van der Waals surface area contributed by atoms with E-state index in [1.54, 1.807) is 11.3 Å². The summed E-state index contributed by atoms with van der Waals surface area (Å²) in [6.07, 6.45) is 1.23. The van der Waals surface area contributed by atoms with E-state index in [4.69, 9.17) is 16.3 Å². The lowest BCUT2D eigenvalue weighted by Gasteiger charge is -2.36. The van der Waals surface area contributed by atoms with Crippen molar-refractivity contribution >= 4 is 39.7 Å². The topological polar surface area (TPSA) is 45.3 Å². The van der Waals surface area contributed by atoms with Crippen LogP contribution in [0.4, 0.5) is 0 Å². The number of amides is 1. The summed E-state index contributed by atoms with van der Waals surface area (Å²) in [5, 5.41) is 3.88. The fourth-order valence-corrected chi connectivity index (χ4v) is 5.32. The number of carbonyl (C=O) groups excluding carboxylic acids is 1. The quantitative estimate of drug-likeness (QED) is 0.405. The van der Waals surface area contributed by atoms with Crippen molar-refractivity contribution in [1.82, 2.24) is 9.88 Å². The molecule has 1 aliphatic heterocycles. The normalized spacial score (nSPS) is 15.8. The molecule has 4 aromatic rings. The van der Waals surface area contributed by atoms with E-state index < -0.39 is 0 Å². The van der Waals surface area contributed by atoms with Crippen LogP contribution < -0.4 is 4.74 Å². The van der Waals surface area contributed by atoms with Crippen molar-refractivity contribution in [2.45, 2.75) is 25.8 Å². The van der Waals surface area contributed by atoms with Gasteiger partial charge in [-0.25, -0.2) is 0 Å². The molecule has 5 rings (SSSR count). The summed E-state index contributed by atoms with van der Waals surface area (Å²) in [7, 11) is 0. The molecule has 1 amide bonds. The number of nitrogens with zero attached hydrogens (tertiary/aromatic N) is 1. The average Bonchev–Trinajstić information content (AvgIpc) is 3.41. The molecule has 1 atom stereocenters. The average molecular weight is 451 g/mol. The summed E-state index contributed by atoms with van der Waals surface area (Å²) in [5.41, 5.74) is 4.45. The number of halogens is 1. The summed E-state index contributed by atoms with van der Waals surface area (Å²) in [5.74, 6) is 0.978. The molecule has 0 fully saturated rings. The third-order valence-corrected chi connectivity index (χ3v) is 6.93. The van der Waals surface area contributed by atoms with E-state index >= 15 is 0 Å². The van der Waals surface area contributed by atoms with Crippen molar-refractivity contribution in [1.29, 1.82) is 0 Å². The highest BCUT2D eigenvalue weighted by Crippen LogP contribution is 2.39. The van der Waals surface area contributed by atoms with Crippen LogP contribution in [0.25, 0.3) is 10.9 Å². The SMILES string of the molecule is CCOc1ccc(C2c3[nH]c4ccc(Cl)cc4c3CCN2C(=O)Cc2cccs2)cc1. The van der Waals surface area contributed by atoms with Gasteiger partial charge in [0.15, 0.2) is 0 Å². The van der Waals surface area contributed by atoms with Gasteiger partial charge in [-0.05, 0) is 66.2 Å². The van der Waals surface area contributed by atoms with E-state index in [2.05, 4.69) is 17.1 Å². The first kappa shape index (κ1) is 20.2. The van der Waals surface area contributed by atoms with Gasteiger partial charge >= 0.3 is 0 Å². The van der Waals surface area contributed by atoms with Gasteiger partial charge in [0.05, 0.1) is 19.1 Å². The zero-order chi connectivity index (χ0) is 21.4. The van der Waals surface area contributed by atoms with Crippen LogP contribution in [0.3, 0.4) is 0 Å². The Morgan fingerprint density at radius 1 is 1.23 bits per heavy atom. The minimum absolute atomic E-state index is 0.142. The molecule has 1 N–H and O–H groups in total. The number of H-pyrrole nitrogens is 1. The highest BCUT2D eigenvalue weighted by molar-refractivity contribution is 7.10. The number of aromatic amines is 1. The lowest BCUT2D eigenvalue weighted by Crippen LogP contribution is -2.41. The number of carbonyl (C=O) groups is 1. The summed E-state index contributed by atoms with van der Waals surface area (Å²) in [6.45, 7) is 3.28. The Morgan fingerprint density at radius 2 is 2.06 bits per heavy atom. The van der Waals surface area contributed by atoms with Crippen molar-refractivity contribution in [3.05, 3.63) is 86.7 Å². The molecule has 0 saturated carbocycles. The molecule has 3 heterocycles. The molecule has 4 nitrogen and oxygen atoms in total. The molecule has 1 aliphatic rings. The van der Waals surface area contributed by atoms with Crippen molar-refractivity contribution in [2.75, 3.05) is 13.2 Å². The van der Waals surface area contributed by atoms with E-state index in [0.29, 0.717) is 19.6 Å². The lowest BCUT2D eigenvalue weighted by atomic mass is 9.92. The largest absolute Gasteiger partial charge is 0.494 e. The van der Waals surface area contributed by atoms with E-state index in [1.807, 2.05) is 59.7 Å². The van der Waals surface area contributed by atoms with Crippen LogP contribution in [0, 0.1) is 0 Å². The Balaban J connectivity index is 1.58. The first-order valence-electron chi connectivity index (χ1n) is 10.5. The van der Waals surface area contributed by atoms with Gasteiger partial charge in [-0.1, -0.05) is 29.8 Å². The van der Waals surface area contributed by atoms with Gasteiger partial charge in [0, 0.05) is 33.0 Å². The number of aromatic nitrogens is 1. The molecule has 0 radical (unpaired) electrons. The highest BCUT2D eigenvalue weighted by atomic mass is 35.5. The first-order chi connectivity index (χ1) is 15.1. The van der Waals surface area contributed by atoms with Crippen LogP contribution in [0.1, 0.15) is 34.7 Å². The molecular weight excluding hydrogens is 428 g/mol. The molecule has 158 valence electrons. The van der Waals surface area contributed by atoms with E-state index in [1.165, 1.54) is 5.56 Å². The number of nitrogens with one attached hydrogen (secondary N) is 1. The third-order valence-electron chi connectivity index (χ3n) is 5.82. The summed E-state index contributed by atoms with van der Waals surface area (Å²) in [6, 6.07) is 17.9. The zero-order valence-electron chi connectivity index (χ0n) is 17.2. The van der Waals surface area contributed by atoms with E-state index in [-0.39, 0.29) is 11.9 Å². The molecule has 0 spiro atoms. The monoisotopic (exact) mass is 450 g/mol. The number of ether oxygens (including phenoxy) is 1. The van der Waals surface area contributed by atoms with Crippen LogP contribution in [0.15, 0.2) is 60.0 Å². The van der Waals surface area contributed by atoms with Gasteiger partial charge in [0.1, 0.15) is 5.75 Å². The van der Waals surface area contributed by atoms with Gasteiger partial charge in [-0.3, -0.25) is 4.79 Å². The number of fused-ring (bicyclic) bond motifs is 3. The predicted octanol–water partition coefficient (Wildman–Crippen LogP) is 6.00. The van der Waals surface area contributed by atoms with Gasteiger partial charge < -0.3 is 14.6 Å². The molecular formula is C25H23ClN2O2S. The number of thiophene rings is 1. The molecule has 1 unspecified atom stereocenters. The molecule has 6 heteroatoms. The second-order valence-electron chi connectivity index (χ2n) is 7.70. The van der Waals surface area contributed by atoms with Crippen LogP contribution >= 0.6 is 22.9 Å². The molecule has 0 saturated heterocycles. The van der Waals surface area contributed by atoms with Gasteiger partial charge in [0.2, 0.25) is 5.91 Å². The Morgan fingerprint density at radius 3 is 2.81 bits per heavy atom. The third kappa shape index (κ3) is 3.84.